The van der Waals surface area contributed by atoms with Gasteiger partial charge < -0.3 is 9.88 Å². The van der Waals surface area contributed by atoms with Crippen molar-refractivity contribution in [3.05, 3.63) is 48.2 Å². The first kappa shape index (κ1) is 13.1. The molecule has 0 aliphatic carbocycles. The lowest BCUT2D eigenvalue weighted by molar-refractivity contribution is 0.0500. The van der Waals surface area contributed by atoms with Crippen molar-refractivity contribution in [1.29, 1.82) is 0 Å². The Hall–Kier alpha value is -2.63. The zero-order valence-corrected chi connectivity index (χ0v) is 12.4. The van der Waals surface area contributed by atoms with Crippen LogP contribution < -0.4 is 0 Å². The number of hydrogen-bond donors (Lipinski definition) is 1. The van der Waals surface area contributed by atoms with E-state index in [1.807, 2.05) is 30.4 Å². The zero-order chi connectivity index (χ0) is 15.1. The molecule has 6 heteroatoms. The van der Waals surface area contributed by atoms with Crippen LogP contribution in [0.2, 0.25) is 0 Å². The lowest BCUT2D eigenvalue weighted by Crippen LogP contribution is -2.50. The van der Waals surface area contributed by atoms with Gasteiger partial charge in [-0.3, -0.25) is 14.5 Å². The third-order valence-corrected chi connectivity index (χ3v) is 4.23. The van der Waals surface area contributed by atoms with E-state index in [0.29, 0.717) is 11.5 Å². The first-order valence-corrected chi connectivity index (χ1v) is 7.39. The smallest absolute Gasteiger partial charge is 0.257 e. The van der Waals surface area contributed by atoms with Crippen LogP contribution in [0.3, 0.4) is 0 Å². The van der Waals surface area contributed by atoms with E-state index in [4.69, 9.17) is 0 Å². The summed E-state index contributed by atoms with van der Waals surface area (Å²) < 4.78 is 1.65. The number of aromatic amines is 1. The summed E-state index contributed by atoms with van der Waals surface area (Å²) in [5.74, 6) is 0.539. The minimum absolute atomic E-state index is 0.0652. The van der Waals surface area contributed by atoms with Crippen molar-refractivity contribution in [2.45, 2.75) is 6.42 Å². The van der Waals surface area contributed by atoms with Crippen LogP contribution in [0.4, 0.5) is 0 Å². The van der Waals surface area contributed by atoms with Crippen LogP contribution in [0.1, 0.15) is 16.1 Å². The van der Waals surface area contributed by atoms with E-state index < -0.39 is 0 Å². The number of amides is 1. The Morgan fingerprint density at radius 1 is 1.41 bits per heavy atom. The summed E-state index contributed by atoms with van der Waals surface area (Å²) in [7, 11) is 1.82. The average Bonchev–Trinajstić information content (AvgIpc) is 3.10. The molecule has 1 amide bonds. The molecule has 4 heterocycles. The van der Waals surface area contributed by atoms with E-state index in [9.17, 15) is 4.79 Å². The fourth-order valence-electron chi connectivity index (χ4n) is 3.05. The van der Waals surface area contributed by atoms with Crippen molar-refractivity contribution in [2.24, 2.45) is 13.0 Å². The third kappa shape index (κ3) is 2.16. The zero-order valence-electron chi connectivity index (χ0n) is 12.4. The Balaban J connectivity index is 1.41. The van der Waals surface area contributed by atoms with Crippen LogP contribution in [0, 0.1) is 5.92 Å². The number of nitrogens with zero attached hydrogens (tertiary/aromatic N) is 4. The van der Waals surface area contributed by atoms with E-state index >= 15 is 0 Å². The normalized spacial score (nSPS) is 15.2. The first-order chi connectivity index (χ1) is 10.7. The average molecular weight is 295 g/mol. The Labute approximate surface area is 127 Å². The van der Waals surface area contributed by atoms with Crippen molar-refractivity contribution in [2.75, 3.05) is 13.1 Å². The summed E-state index contributed by atoms with van der Waals surface area (Å²) in [5, 5.41) is 5.24. The molecule has 1 aliphatic rings. The van der Waals surface area contributed by atoms with Gasteiger partial charge in [0.05, 0.1) is 23.0 Å². The molecule has 3 aromatic rings. The number of nitrogens with one attached hydrogen (secondary N) is 1. The Bertz CT molecular complexity index is 828. The van der Waals surface area contributed by atoms with Crippen LogP contribution in [0.25, 0.3) is 10.9 Å². The van der Waals surface area contributed by atoms with Gasteiger partial charge in [0.2, 0.25) is 0 Å². The SMILES string of the molecule is Cn1cc(C(=O)N2CC(Cc3nccc4cc[nH]c34)C2)cn1. The lowest BCUT2D eigenvalue weighted by atomic mass is 9.93. The van der Waals surface area contributed by atoms with Gasteiger partial charge in [-0.2, -0.15) is 5.10 Å². The maximum atomic E-state index is 12.3. The number of carbonyl (C=O) groups excluding carboxylic acids is 1. The standard InChI is InChI=1S/C16H17N5O/c1-20-10-13(7-19-20)16(22)21-8-11(9-21)6-14-15-12(2-4-17-14)3-5-18-15/h2-5,7,10-11,18H,6,8-9H2,1H3. The second-order valence-electron chi connectivity index (χ2n) is 5.88. The summed E-state index contributed by atoms with van der Waals surface area (Å²) in [4.78, 5) is 21.9. The molecular formula is C16H17N5O. The summed E-state index contributed by atoms with van der Waals surface area (Å²) in [6.45, 7) is 1.57. The number of rotatable bonds is 3. The summed E-state index contributed by atoms with van der Waals surface area (Å²) >= 11 is 0. The molecule has 4 rings (SSSR count). The molecule has 0 saturated carbocycles. The predicted octanol–water partition coefficient (Wildman–Crippen LogP) is 1.61. The number of pyridine rings is 1. The van der Waals surface area contributed by atoms with Crippen molar-refractivity contribution >= 4 is 16.8 Å². The molecule has 22 heavy (non-hydrogen) atoms. The Morgan fingerprint density at radius 3 is 3.05 bits per heavy atom. The minimum atomic E-state index is 0.0652. The second kappa shape index (κ2) is 4.98. The predicted molar refractivity (Wildman–Crippen MR) is 82.4 cm³/mol. The lowest BCUT2D eigenvalue weighted by Gasteiger charge is -2.39. The number of carbonyl (C=O) groups is 1. The molecule has 0 bridgehead atoms. The van der Waals surface area contributed by atoms with Crippen LogP contribution in [0.15, 0.2) is 36.9 Å². The maximum Gasteiger partial charge on any atom is 0.257 e. The molecule has 3 aromatic heterocycles. The van der Waals surface area contributed by atoms with Crippen LogP contribution in [-0.2, 0) is 13.5 Å². The van der Waals surface area contributed by atoms with Gasteiger partial charge in [0.1, 0.15) is 0 Å². The number of aromatic nitrogens is 4. The quantitative estimate of drug-likeness (QED) is 0.798. The van der Waals surface area contributed by atoms with Crippen molar-refractivity contribution in [3.63, 3.8) is 0 Å². The van der Waals surface area contributed by atoms with E-state index in [1.165, 1.54) is 5.39 Å². The monoisotopic (exact) mass is 295 g/mol. The van der Waals surface area contributed by atoms with Gasteiger partial charge in [0.15, 0.2) is 0 Å². The molecule has 112 valence electrons. The molecule has 0 spiro atoms. The number of fused-ring (bicyclic) bond motifs is 1. The third-order valence-electron chi connectivity index (χ3n) is 4.23. The van der Waals surface area contributed by atoms with Gasteiger partial charge in [0, 0.05) is 44.1 Å². The highest BCUT2D eigenvalue weighted by atomic mass is 16.2. The number of hydrogen-bond acceptors (Lipinski definition) is 3. The largest absolute Gasteiger partial charge is 0.360 e. The van der Waals surface area contributed by atoms with Crippen LogP contribution in [-0.4, -0.2) is 43.6 Å². The maximum absolute atomic E-state index is 12.3. The summed E-state index contributed by atoms with van der Waals surface area (Å²) in [6, 6.07) is 4.06. The van der Waals surface area contributed by atoms with E-state index in [2.05, 4.69) is 21.1 Å². The molecule has 0 unspecified atom stereocenters. The van der Waals surface area contributed by atoms with E-state index in [-0.39, 0.29) is 5.91 Å². The highest BCUT2D eigenvalue weighted by Gasteiger charge is 2.32. The van der Waals surface area contributed by atoms with Crippen molar-refractivity contribution in [3.8, 4) is 0 Å². The first-order valence-electron chi connectivity index (χ1n) is 7.39. The molecule has 1 N–H and O–H groups in total. The van der Waals surface area contributed by atoms with Crippen LogP contribution in [0.5, 0.6) is 0 Å². The highest BCUT2D eigenvalue weighted by Crippen LogP contribution is 2.24. The molecule has 1 aliphatic heterocycles. The highest BCUT2D eigenvalue weighted by molar-refractivity contribution is 5.94. The van der Waals surface area contributed by atoms with Gasteiger partial charge in [-0.05, 0) is 24.5 Å². The topological polar surface area (TPSA) is 66.8 Å². The molecule has 1 saturated heterocycles. The summed E-state index contributed by atoms with van der Waals surface area (Å²) in [6.07, 6.45) is 8.07. The van der Waals surface area contributed by atoms with Crippen LogP contribution >= 0.6 is 0 Å². The number of aryl methyl sites for hydroxylation is 1. The minimum Gasteiger partial charge on any atom is -0.360 e. The fourth-order valence-corrected chi connectivity index (χ4v) is 3.05. The van der Waals surface area contributed by atoms with Gasteiger partial charge in [-0.15, -0.1) is 0 Å². The molecule has 0 atom stereocenters. The Kier molecular flexibility index (Phi) is 2.96. The number of likely N-dealkylation sites (tertiary alicyclic amines) is 1. The molecule has 1 fully saturated rings. The van der Waals surface area contributed by atoms with Gasteiger partial charge in [-0.25, -0.2) is 0 Å². The molecule has 0 aromatic carbocycles. The fraction of sp³-hybridized carbons (Fsp3) is 0.312. The molecular weight excluding hydrogens is 278 g/mol. The number of H-pyrrole nitrogens is 1. The second-order valence-corrected chi connectivity index (χ2v) is 5.88. The van der Waals surface area contributed by atoms with Gasteiger partial charge >= 0.3 is 0 Å². The van der Waals surface area contributed by atoms with E-state index in [0.717, 1.165) is 30.7 Å². The molecule has 6 nitrogen and oxygen atoms in total. The van der Waals surface area contributed by atoms with Crippen molar-refractivity contribution in [1.82, 2.24) is 24.6 Å². The Morgan fingerprint density at radius 2 is 2.27 bits per heavy atom. The van der Waals surface area contributed by atoms with Gasteiger partial charge in [0.25, 0.3) is 5.91 Å². The summed E-state index contributed by atoms with van der Waals surface area (Å²) in [5.41, 5.74) is 2.85. The van der Waals surface area contributed by atoms with Crippen molar-refractivity contribution < 1.29 is 4.79 Å². The molecule has 0 radical (unpaired) electrons. The van der Waals surface area contributed by atoms with E-state index in [1.54, 1.807) is 17.1 Å². The van der Waals surface area contributed by atoms with Gasteiger partial charge in [-0.1, -0.05) is 0 Å².